The second kappa shape index (κ2) is 5.51. The van der Waals surface area contributed by atoms with Crippen LogP contribution in [0.2, 0.25) is 0 Å². The first kappa shape index (κ1) is 16.1. The summed E-state index contributed by atoms with van der Waals surface area (Å²) in [5.41, 5.74) is 4.14. The van der Waals surface area contributed by atoms with Gasteiger partial charge in [0.2, 0.25) is 10.0 Å². The lowest BCUT2D eigenvalue weighted by Gasteiger charge is -2.22. The third kappa shape index (κ3) is 3.33. The molecule has 1 fully saturated rings. The molecule has 8 heteroatoms. The minimum Gasteiger partial charge on any atom is -0.399 e. The summed E-state index contributed by atoms with van der Waals surface area (Å²) >= 11 is 0. The number of benzene rings is 1. The number of nitrogen functional groups attached to an aromatic ring is 1. The largest absolute Gasteiger partial charge is 0.399 e. The maximum absolute atomic E-state index is 13.8. The summed E-state index contributed by atoms with van der Waals surface area (Å²) in [5.74, 6) is -2.41. The number of nitrogens with zero attached hydrogens (tertiary/aromatic N) is 1. The highest BCUT2D eigenvalue weighted by Crippen LogP contribution is 2.29. The van der Waals surface area contributed by atoms with Gasteiger partial charge in [0.25, 0.3) is 0 Å². The van der Waals surface area contributed by atoms with Crippen LogP contribution in [0, 0.1) is 11.6 Å². The van der Waals surface area contributed by atoms with E-state index in [9.17, 15) is 22.3 Å². The Morgan fingerprint density at radius 1 is 1.24 bits per heavy atom. The number of aliphatic hydroxyl groups is 1. The molecule has 0 radical (unpaired) electrons. The Kier molecular flexibility index (Phi) is 4.23. The number of sulfonamides is 1. The maximum atomic E-state index is 13.8. The molecular formula is C13H18F2N2O3S. The van der Waals surface area contributed by atoms with Gasteiger partial charge in [0.1, 0.15) is 11.6 Å². The summed E-state index contributed by atoms with van der Waals surface area (Å²) in [4.78, 5) is -0.988. The van der Waals surface area contributed by atoms with Gasteiger partial charge in [-0.2, -0.15) is 4.31 Å². The van der Waals surface area contributed by atoms with E-state index in [1.807, 2.05) is 0 Å². The van der Waals surface area contributed by atoms with Crippen molar-refractivity contribution < 1.29 is 22.3 Å². The van der Waals surface area contributed by atoms with Crippen LogP contribution in [0.3, 0.4) is 0 Å². The molecule has 0 spiro atoms. The summed E-state index contributed by atoms with van der Waals surface area (Å²) < 4.78 is 53.5. The fraction of sp³-hybridized carbons (Fsp3) is 0.538. The lowest BCUT2D eigenvalue weighted by atomic mass is 9.98. The first-order valence-electron chi connectivity index (χ1n) is 6.60. The second-order valence-corrected chi connectivity index (χ2v) is 7.44. The molecule has 0 saturated carbocycles. The Morgan fingerprint density at radius 2 is 1.81 bits per heavy atom. The monoisotopic (exact) mass is 320 g/mol. The minimum atomic E-state index is -4.30. The van der Waals surface area contributed by atoms with E-state index in [-0.39, 0.29) is 25.2 Å². The molecule has 1 saturated heterocycles. The van der Waals surface area contributed by atoms with Crippen LogP contribution in [-0.4, -0.2) is 36.5 Å². The summed E-state index contributed by atoms with van der Waals surface area (Å²) in [6.07, 6.45) is 1.07. The number of anilines is 1. The zero-order valence-electron chi connectivity index (χ0n) is 11.6. The lowest BCUT2D eigenvalue weighted by Crippen LogP contribution is -2.34. The molecule has 1 atom stereocenters. The van der Waals surface area contributed by atoms with Crippen molar-refractivity contribution in [3.05, 3.63) is 23.8 Å². The fourth-order valence-electron chi connectivity index (χ4n) is 2.43. The van der Waals surface area contributed by atoms with Crippen LogP contribution in [0.4, 0.5) is 14.5 Å². The van der Waals surface area contributed by atoms with Crippen molar-refractivity contribution >= 4 is 15.7 Å². The molecule has 118 valence electrons. The highest BCUT2D eigenvalue weighted by atomic mass is 32.2. The predicted octanol–water partition coefficient (Wildman–Crippen LogP) is 1.47. The maximum Gasteiger partial charge on any atom is 0.248 e. The fourth-order valence-corrected chi connectivity index (χ4v) is 4.00. The Labute approximate surface area is 122 Å². The van der Waals surface area contributed by atoms with Crippen LogP contribution in [-0.2, 0) is 10.0 Å². The highest BCUT2D eigenvalue weighted by molar-refractivity contribution is 7.89. The topological polar surface area (TPSA) is 83.6 Å². The van der Waals surface area contributed by atoms with E-state index in [4.69, 9.17) is 5.73 Å². The molecule has 0 amide bonds. The van der Waals surface area contributed by atoms with E-state index >= 15 is 0 Å². The number of nitrogens with two attached hydrogens (primary N) is 1. The average Bonchev–Trinajstić information content (AvgIpc) is 2.48. The molecule has 0 aromatic heterocycles. The Balaban J connectivity index is 2.39. The van der Waals surface area contributed by atoms with Crippen molar-refractivity contribution in [2.24, 2.45) is 0 Å². The van der Waals surface area contributed by atoms with E-state index in [2.05, 4.69) is 0 Å². The number of hydrogen-bond donors (Lipinski definition) is 2. The predicted molar refractivity (Wildman–Crippen MR) is 74.0 cm³/mol. The normalized spacial score (nSPS) is 24.8. The van der Waals surface area contributed by atoms with Gasteiger partial charge in [-0.05, 0) is 38.3 Å². The van der Waals surface area contributed by atoms with Gasteiger partial charge >= 0.3 is 0 Å². The quantitative estimate of drug-likeness (QED) is 0.808. The summed E-state index contributed by atoms with van der Waals surface area (Å²) in [6.45, 7) is 1.74. The van der Waals surface area contributed by atoms with Gasteiger partial charge in [-0.25, -0.2) is 17.2 Å². The SMILES string of the molecule is CC1(O)CCCN(S(=O)(=O)c2c(F)cc(N)cc2F)CC1. The van der Waals surface area contributed by atoms with Gasteiger partial charge < -0.3 is 10.8 Å². The van der Waals surface area contributed by atoms with Crippen molar-refractivity contribution in [1.82, 2.24) is 4.31 Å². The van der Waals surface area contributed by atoms with Crippen molar-refractivity contribution in [3.8, 4) is 0 Å². The van der Waals surface area contributed by atoms with Crippen molar-refractivity contribution in [2.75, 3.05) is 18.8 Å². The number of hydrogen-bond acceptors (Lipinski definition) is 4. The zero-order chi connectivity index (χ0) is 15.8. The summed E-state index contributed by atoms with van der Waals surface area (Å²) in [7, 11) is -4.30. The van der Waals surface area contributed by atoms with Gasteiger partial charge in [0, 0.05) is 18.8 Å². The molecule has 1 aliphatic rings. The Morgan fingerprint density at radius 3 is 2.38 bits per heavy atom. The molecule has 0 aliphatic carbocycles. The van der Waals surface area contributed by atoms with E-state index in [1.165, 1.54) is 0 Å². The average molecular weight is 320 g/mol. The molecule has 1 aromatic carbocycles. The van der Waals surface area contributed by atoms with E-state index in [0.717, 1.165) is 16.4 Å². The van der Waals surface area contributed by atoms with Crippen LogP contribution >= 0.6 is 0 Å². The Bertz CT molecular complexity index is 624. The lowest BCUT2D eigenvalue weighted by molar-refractivity contribution is 0.0465. The molecule has 1 heterocycles. The smallest absolute Gasteiger partial charge is 0.248 e. The highest BCUT2D eigenvalue weighted by Gasteiger charge is 2.34. The molecule has 5 nitrogen and oxygen atoms in total. The van der Waals surface area contributed by atoms with Gasteiger partial charge in [0.05, 0.1) is 5.60 Å². The van der Waals surface area contributed by atoms with E-state index in [0.29, 0.717) is 12.8 Å². The van der Waals surface area contributed by atoms with E-state index < -0.39 is 32.2 Å². The minimum absolute atomic E-state index is 0.0125. The zero-order valence-corrected chi connectivity index (χ0v) is 12.5. The van der Waals surface area contributed by atoms with Crippen molar-refractivity contribution in [2.45, 2.75) is 36.7 Å². The molecule has 3 N–H and O–H groups in total. The first-order chi connectivity index (χ1) is 9.63. The molecule has 1 aliphatic heterocycles. The first-order valence-corrected chi connectivity index (χ1v) is 8.04. The van der Waals surface area contributed by atoms with Crippen LogP contribution in [0.5, 0.6) is 0 Å². The molecule has 0 bridgehead atoms. The summed E-state index contributed by atoms with van der Waals surface area (Å²) in [6, 6.07) is 1.56. The van der Waals surface area contributed by atoms with Crippen LogP contribution < -0.4 is 5.73 Å². The summed E-state index contributed by atoms with van der Waals surface area (Å²) in [5, 5.41) is 9.97. The molecule has 21 heavy (non-hydrogen) atoms. The molecular weight excluding hydrogens is 302 g/mol. The standard InChI is InChI=1S/C13H18F2N2O3S/c1-13(18)3-2-5-17(6-4-13)21(19,20)12-10(14)7-9(16)8-11(12)15/h7-8,18H,2-6,16H2,1H3. The molecule has 1 unspecified atom stereocenters. The van der Waals surface area contributed by atoms with E-state index in [1.54, 1.807) is 6.92 Å². The van der Waals surface area contributed by atoms with Crippen molar-refractivity contribution in [3.63, 3.8) is 0 Å². The Hall–Kier alpha value is -1.25. The van der Waals surface area contributed by atoms with Gasteiger partial charge in [0.15, 0.2) is 4.90 Å². The third-order valence-electron chi connectivity index (χ3n) is 3.64. The third-order valence-corrected chi connectivity index (χ3v) is 5.59. The van der Waals surface area contributed by atoms with Gasteiger partial charge in [-0.3, -0.25) is 0 Å². The van der Waals surface area contributed by atoms with Crippen molar-refractivity contribution in [1.29, 1.82) is 0 Å². The second-order valence-electron chi connectivity index (χ2n) is 5.57. The van der Waals surface area contributed by atoms with Crippen LogP contribution in [0.15, 0.2) is 17.0 Å². The van der Waals surface area contributed by atoms with Gasteiger partial charge in [-0.15, -0.1) is 0 Å². The number of halogens is 2. The van der Waals surface area contributed by atoms with Gasteiger partial charge in [-0.1, -0.05) is 0 Å². The van der Waals surface area contributed by atoms with Crippen LogP contribution in [0.25, 0.3) is 0 Å². The molecule has 1 aromatic rings. The van der Waals surface area contributed by atoms with Crippen LogP contribution in [0.1, 0.15) is 26.2 Å². The number of rotatable bonds is 2. The molecule has 2 rings (SSSR count).